The normalized spacial score (nSPS) is 10.2. The molecule has 0 aliphatic heterocycles. The van der Waals surface area contributed by atoms with Gasteiger partial charge in [0.25, 0.3) is 0 Å². The standard InChI is InChI=1S/C10H10O4.C8H12N2/c1-14-9-6-7(2-4-8(9)11)3-5-10(12)13;1-5-6(2)10-8(4)7(3)9-5/h2-6,11H,1H3,(H,12,13);1-4H3. The Morgan fingerprint density at radius 2 is 1.54 bits per heavy atom. The van der Waals surface area contributed by atoms with Crippen LogP contribution in [0, 0.1) is 27.7 Å². The molecule has 2 rings (SSSR count). The summed E-state index contributed by atoms with van der Waals surface area (Å²) in [6.45, 7) is 7.92. The second-order valence-electron chi connectivity index (χ2n) is 5.17. The minimum atomic E-state index is -1.02. The van der Waals surface area contributed by atoms with Crippen LogP contribution in [0.5, 0.6) is 11.5 Å². The first-order chi connectivity index (χ1) is 11.2. The Kier molecular flexibility index (Phi) is 6.92. The Labute approximate surface area is 141 Å². The van der Waals surface area contributed by atoms with Crippen LogP contribution in [0.2, 0.25) is 0 Å². The van der Waals surface area contributed by atoms with E-state index >= 15 is 0 Å². The second kappa shape index (κ2) is 8.67. The van der Waals surface area contributed by atoms with Crippen LogP contribution in [0.25, 0.3) is 6.08 Å². The lowest BCUT2D eigenvalue weighted by atomic mass is 10.2. The Hall–Kier alpha value is -2.89. The molecular weight excluding hydrogens is 308 g/mol. The molecule has 6 nitrogen and oxygen atoms in total. The number of hydrogen-bond acceptors (Lipinski definition) is 5. The van der Waals surface area contributed by atoms with E-state index in [0.717, 1.165) is 28.9 Å². The topological polar surface area (TPSA) is 92.5 Å². The second-order valence-corrected chi connectivity index (χ2v) is 5.17. The molecular formula is C18H22N2O4. The van der Waals surface area contributed by atoms with Gasteiger partial charge in [-0.05, 0) is 51.5 Å². The minimum absolute atomic E-state index is 0.0278. The number of aromatic nitrogens is 2. The van der Waals surface area contributed by atoms with Crippen molar-refractivity contribution in [2.45, 2.75) is 27.7 Å². The number of phenols is 1. The number of methoxy groups -OCH3 is 1. The summed E-state index contributed by atoms with van der Waals surface area (Å²) in [6.07, 6.45) is 2.44. The molecule has 0 bridgehead atoms. The van der Waals surface area contributed by atoms with E-state index in [1.807, 2.05) is 27.7 Å². The molecule has 2 N–H and O–H groups in total. The van der Waals surface area contributed by atoms with Crippen molar-refractivity contribution in [2.75, 3.05) is 7.11 Å². The first kappa shape index (κ1) is 19.2. The summed E-state index contributed by atoms with van der Waals surface area (Å²) in [7, 11) is 1.43. The van der Waals surface area contributed by atoms with E-state index < -0.39 is 5.97 Å². The number of aromatic hydroxyl groups is 1. The van der Waals surface area contributed by atoms with Crippen LogP contribution in [0.1, 0.15) is 28.3 Å². The highest BCUT2D eigenvalue weighted by Crippen LogP contribution is 2.26. The number of rotatable bonds is 3. The number of nitrogens with zero attached hydrogens (tertiary/aromatic N) is 2. The molecule has 24 heavy (non-hydrogen) atoms. The highest BCUT2D eigenvalue weighted by Gasteiger charge is 2.00. The van der Waals surface area contributed by atoms with Gasteiger partial charge in [-0.2, -0.15) is 0 Å². The van der Waals surface area contributed by atoms with Crippen molar-refractivity contribution >= 4 is 12.0 Å². The minimum Gasteiger partial charge on any atom is -0.504 e. The molecule has 6 heteroatoms. The van der Waals surface area contributed by atoms with Crippen molar-refractivity contribution in [2.24, 2.45) is 0 Å². The Morgan fingerprint density at radius 1 is 1.04 bits per heavy atom. The lowest BCUT2D eigenvalue weighted by Crippen LogP contribution is -1.97. The van der Waals surface area contributed by atoms with Gasteiger partial charge in [0.15, 0.2) is 11.5 Å². The molecule has 0 aliphatic carbocycles. The molecule has 0 aliphatic rings. The number of phenolic OH excluding ortho intramolecular Hbond substituents is 1. The maximum Gasteiger partial charge on any atom is 0.328 e. The fourth-order valence-electron chi connectivity index (χ4n) is 1.79. The Bertz CT molecular complexity index is 705. The first-order valence-corrected chi connectivity index (χ1v) is 7.31. The summed E-state index contributed by atoms with van der Waals surface area (Å²) in [4.78, 5) is 18.8. The average Bonchev–Trinajstić information content (AvgIpc) is 2.53. The maximum atomic E-state index is 10.2. The molecule has 0 saturated heterocycles. The van der Waals surface area contributed by atoms with Crippen LogP contribution in [-0.4, -0.2) is 33.3 Å². The third-order valence-corrected chi connectivity index (χ3v) is 3.34. The molecule has 0 amide bonds. The molecule has 2 aromatic rings. The van der Waals surface area contributed by atoms with Crippen molar-refractivity contribution in [1.82, 2.24) is 9.97 Å². The highest BCUT2D eigenvalue weighted by atomic mass is 16.5. The van der Waals surface area contributed by atoms with E-state index in [2.05, 4.69) is 9.97 Å². The Morgan fingerprint density at radius 3 is 1.96 bits per heavy atom. The predicted molar refractivity (Wildman–Crippen MR) is 92.3 cm³/mol. The van der Waals surface area contributed by atoms with Crippen molar-refractivity contribution in [1.29, 1.82) is 0 Å². The maximum absolute atomic E-state index is 10.2. The van der Waals surface area contributed by atoms with Gasteiger partial charge in [0, 0.05) is 6.08 Å². The Balaban J connectivity index is 0.000000254. The van der Waals surface area contributed by atoms with Gasteiger partial charge in [-0.1, -0.05) is 6.07 Å². The number of aliphatic carboxylic acids is 1. The molecule has 0 spiro atoms. The lowest BCUT2D eigenvalue weighted by Gasteiger charge is -2.03. The van der Waals surface area contributed by atoms with Gasteiger partial charge in [-0.3, -0.25) is 9.97 Å². The van der Waals surface area contributed by atoms with Crippen LogP contribution in [-0.2, 0) is 4.79 Å². The molecule has 0 saturated carbocycles. The van der Waals surface area contributed by atoms with E-state index in [-0.39, 0.29) is 5.75 Å². The zero-order chi connectivity index (χ0) is 18.3. The van der Waals surface area contributed by atoms with E-state index in [1.165, 1.54) is 19.3 Å². The number of hydrogen-bond donors (Lipinski definition) is 2. The first-order valence-electron chi connectivity index (χ1n) is 7.31. The van der Waals surface area contributed by atoms with Crippen molar-refractivity contribution in [3.05, 3.63) is 52.6 Å². The summed E-state index contributed by atoms with van der Waals surface area (Å²) in [5, 5.41) is 17.6. The van der Waals surface area contributed by atoms with E-state index in [1.54, 1.807) is 12.1 Å². The third kappa shape index (κ3) is 5.72. The molecule has 0 atom stereocenters. The average molecular weight is 330 g/mol. The van der Waals surface area contributed by atoms with Gasteiger partial charge in [-0.25, -0.2) is 4.79 Å². The van der Waals surface area contributed by atoms with Gasteiger partial charge in [-0.15, -0.1) is 0 Å². The molecule has 128 valence electrons. The number of carboxylic acids is 1. The number of aryl methyl sites for hydroxylation is 4. The van der Waals surface area contributed by atoms with Crippen LogP contribution >= 0.6 is 0 Å². The van der Waals surface area contributed by atoms with Gasteiger partial charge in [0.2, 0.25) is 0 Å². The number of benzene rings is 1. The van der Waals surface area contributed by atoms with Gasteiger partial charge < -0.3 is 14.9 Å². The molecule has 0 radical (unpaired) electrons. The largest absolute Gasteiger partial charge is 0.504 e. The zero-order valence-corrected chi connectivity index (χ0v) is 14.5. The number of ether oxygens (including phenoxy) is 1. The summed E-state index contributed by atoms with van der Waals surface area (Å²) in [5.74, 6) is -0.672. The fourth-order valence-corrected chi connectivity index (χ4v) is 1.79. The summed E-state index contributed by atoms with van der Waals surface area (Å²) in [5.41, 5.74) is 4.78. The monoisotopic (exact) mass is 330 g/mol. The van der Waals surface area contributed by atoms with E-state index in [0.29, 0.717) is 11.3 Å². The molecule has 1 aromatic heterocycles. The van der Waals surface area contributed by atoms with E-state index in [4.69, 9.17) is 9.84 Å². The molecule has 1 heterocycles. The van der Waals surface area contributed by atoms with Crippen molar-refractivity contribution < 1.29 is 19.7 Å². The molecule has 1 aromatic carbocycles. The predicted octanol–water partition coefficient (Wildman–Crippen LogP) is 3.21. The van der Waals surface area contributed by atoms with Crippen LogP contribution in [0.3, 0.4) is 0 Å². The number of carbonyl (C=O) groups is 1. The summed E-state index contributed by atoms with van der Waals surface area (Å²) < 4.78 is 4.86. The lowest BCUT2D eigenvalue weighted by molar-refractivity contribution is -0.131. The van der Waals surface area contributed by atoms with Gasteiger partial charge >= 0.3 is 5.97 Å². The SMILES string of the molecule is COc1cc(C=CC(=O)O)ccc1O.Cc1nc(C)c(C)nc1C. The van der Waals surface area contributed by atoms with Crippen LogP contribution in [0.4, 0.5) is 0 Å². The smallest absolute Gasteiger partial charge is 0.328 e. The quantitative estimate of drug-likeness (QED) is 0.840. The van der Waals surface area contributed by atoms with Crippen molar-refractivity contribution in [3.8, 4) is 11.5 Å². The molecule has 0 fully saturated rings. The zero-order valence-electron chi connectivity index (χ0n) is 14.5. The summed E-state index contributed by atoms with van der Waals surface area (Å²) >= 11 is 0. The number of carboxylic acid groups (broad SMARTS) is 1. The van der Waals surface area contributed by atoms with Crippen LogP contribution < -0.4 is 4.74 Å². The third-order valence-electron chi connectivity index (χ3n) is 3.34. The van der Waals surface area contributed by atoms with Crippen LogP contribution in [0.15, 0.2) is 24.3 Å². The fraction of sp³-hybridized carbons (Fsp3) is 0.278. The van der Waals surface area contributed by atoms with Gasteiger partial charge in [0.05, 0.1) is 29.9 Å². The van der Waals surface area contributed by atoms with Gasteiger partial charge in [0.1, 0.15) is 0 Å². The van der Waals surface area contributed by atoms with E-state index in [9.17, 15) is 9.90 Å². The molecule has 0 unspecified atom stereocenters. The van der Waals surface area contributed by atoms with Crippen molar-refractivity contribution in [3.63, 3.8) is 0 Å². The highest BCUT2D eigenvalue weighted by molar-refractivity contribution is 5.85. The summed E-state index contributed by atoms with van der Waals surface area (Å²) in [6, 6.07) is 4.59.